The Bertz CT molecular complexity index is 711. The van der Waals surface area contributed by atoms with Gasteiger partial charge in [-0.25, -0.2) is 8.42 Å². The fourth-order valence-corrected chi connectivity index (χ4v) is 3.40. The van der Waals surface area contributed by atoms with Gasteiger partial charge in [0, 0.05) is 38.2 Å². The summed E-state index contributed by atoms with van der Waals surface area (Å²) in [6.45, 7) is 4.24. The molecule has 1 atom stereocenters. The molecular formula is C13H19N5O2S. The third-order valence-corrected chi connectivity index (χ3v) is 5.41. The molecule has 0 spiro atoms. The van der Waals surface area contributed by atoms with Crippen molar-refractivity contribution in [3.8, 4) is 0 Å². The van der Waals surface area contributed by atoms with Crippen LogP contribution in [0, 0.1) is 0 Å². The summed E-state index contributed by atoms with van der Waals surface area (Å²) in [6.07, 6.45) is 4.73. The molecule has 2 rings (SSSR count). The fraction of sp³-hybridized carbons (Fsp3) is 0.385. The summed E-state index contributed by atoms with van der Waals surface area (Å²) in [5.74, 6) is 0.0191. The fourth-order valence-electron chi connectivity index (χ4n) is 1.99. The van der Waals surface area contributed by atoms with Gasteiger partial charge in [-0.15, -0.1) is 0 Å². The van der Waals surface area contributed by atoms with Crippen LogP contribution in [0.1, 0.15) is 25.5 Å². The topological polar surface area (TPSA) is 94.1 Å². The normalized spacial score (nSPS) is 13.5. The van der Waals surface area contributed by atoms with Gasteiger partial charge in [0.05, 0.1) is 0 Å². The zero-order valence-corrected chi connectivity index (χ0v) is 13.1. The largest absolute Gasteiger partial charge is 0.381 e. The van der Waals surface area contributed by atoms with Crippen LogP contribution in [0.3, 0.4) is 0 Å². The molecule has 2 N–H and O–H groups in total. The van der Waals surface area contributed by atoms with Crippen LogP contribution in [0.4, 0.5) is 5.82 Å². The molecule has 7 nitrogen and oxygen atoms in total. The van der Waals surface area contributed by atoms with Crippen LogP contribution >= 0.6 is 0 Å². The first-order valence-corrected chi connectivity index (χ1v) is 8.02. The van der Waals surface area contributed by atoms with Crippen molar-refractivity contribution in [2.45, 2.75) is 31.3 Å². The van der Waals surface area contributed by atoms with Crippen molar-refractivity contribution in [3.05, 3.63) is 36.3 Å². The molecule has 2 aromatic heterocycles. The molecule has 0 aromatic carbocycles. The Labute approximate surface area is 124 Å². The van der Waals surface area contributed by atoms with Crippen LogP contribution in [0.15, 0.2) is 35.6 Å². The van der Waals surface area contributed by atoms with Gasteiger partial charge in [-0.05, 0) is 31.5 Å². The number of nitrogen functional groups attached to an aromatic ring is 1. The highest BCUT2D eigenvalue weighted by molar-refractivity contribution is 7.89. The van der Waals surface area contributed by atoms with Crippen LogP contribution in [0.5, 0.6) is 0 Å². The maximum atomic E-state index is 12.7. The molecule has 0 fully saturated rings. The van der Waals surface area contributed by atoms with E-state index >= 15 is 0 Å². The quantitative estimate of drug-likeness (QED) is 0.897. The standard InChI is InChI=1S/C13H19N5O2S/c1-4-18-9-12(13(14)16-18)21(19,20)17(3)10(2)11-5-7-15-8-6-11/h5-10H,4H2,1-3H3,(H2,14,16). The van der Waals surface area contributed by atoms with Crippen molar-refractivity contribution in [1.29, 1.82) is 0 Å². The number of sulfonamides is 1. The molecule has 0 bridgehead atoms. The Kier molecular flexibility index (Phi) is 4.29. The lowest BCUT2D eigenvalue weighted by Crippen LogP contribution is -2.30. The van der Waals surface area contributed by atoms with E-state index in [9.17, 15) is 8.42 Å². The molecule has 21 heavy (non-hydrogen) atoms. The van der Waals surface area contributed by atoms with Crippen LogP contribution in [-0.2, 0) is 16.6 Å². The number of nitrogens with zero attached hydrogens (tertiary/aromatic N) is 4. The number of pyridine rings is 1. The van der Waals surface area contributed by atoms with Gasteiger partial charge in [0.15, 0.2) is 5.82 Å². The van der Waals surface area contributed by atoms with E-state index < -0.39 is 10.0 Å². The van der Waals surface area contributed by atoms with Crippen LogP contribution in [-0.4, -0.2) is 34.5 Å². The van der Waals surface area contributed by atoms with E-state index in [4.69, 9.17) is 5.73 Å². The first-order valence-electron chi connectivity index (χ1n) is 6.58. The van der Waals surface area contributed by atoms with E-state index in [2.05, 4.69) is 10.1 Å². The van der Waals surface area contributed by atoms with Crippen molar-refractivity contribution >= 4 is 15.8 Å². The number of anilines is 1. The minimum Gasteiger partial charge on any atom is -0.381 e. The molecule has 8 heteroatoms. The van der Waals surface area contributed by atoms with Crippen LogP contribution < -0.4 is 5.73 Å². The summed E-state index contributed by atoms with van der Waals surface area (Å²) in [6, 6.07) is 3.24. The minimum atomic E-state index is -3.70. The van der Waals surface area contributed by atoms with Crippen LogP contribution in [0.25, 0.3) is 0 Å². The van der Waals surface area contributed by atoms with Gasteiger partial charge >= 0.3 is 0 Å². The van der Waals surface area contributed by atoms with Gasteiger partial charge < -0.3 is 5.73 Å². The molecule has 2 aromatic rings. The highest BCUT2D eigenvalue weighted by Gasteiger charge is 2.30. The van der Waals surface area contributed by atoms with E-state index in [1.807, 2.05) is 13.8 Å². The smallest absolute Gasteiger partial charge is 0.248 e. The lowest BCUT2D eigenvalue weighted by molar-refractivity contribution is 0.398. The second-order valence-electron chi connectivity index (χ2n) is 4.71. The third kappa shape index (κ3) is 2.91. The van der Waals surface area contributed by atoms with Gasteiger partial charge in [-0.1, -0.05) is 0 Å². The predicted octanol–water partition coefficient (Wildman–Crippen LogP) is 1.26. The van der Waals surface area contributed by atoms with Gasteiger partial charge in [0.2, 0.25) is 10.0 Å². The van der Waals surface area contributed by atoms with E-state index in [0.717, 1.165) is 5.56 Å². The Balaban J connectivity index is 2.36. The van der Waals surface area contributed by atoms with E-state index in [1.54, 1.807) is 24.5 Å². The predicted molar refractivity (Wildman–Crippen MR) is 79.9 cm³/mol. The Morgan fingerprint density at radius 2 is 2.00 bits per heavy atom. The average Bonchev–Trinajstić information content (AvgIpc) is 2.88. The number of aryl methyl sites for hydroxylation is 1. The summed E-state index contributed by atoms with van der Waals surface area (Å²) in [5.41, 5.74) is 6.59. The minimum absolute atomic E-state index is 0.0191. The monoisotopic (exact) mass is 309 g/mol. The molecule has 0 amide bonds. The van der Waals surface area contributed by atoms with E-state index in [1.165, 1.54) is 22.2 Å². The van der Waals surface area contributed by atoms with E-state index in [0.29, 0.717) is 6.54 Å². The van der Waals surface area contributed by atoms with Crippen molar-refractivity contribution < 1.29 is 8.42 Å². The Morgan fingerprint density at radius 1 is 1.38 bits per heavy atom. The molecule has 1 unspecified atom stereocenters. The lowest BCUT2D eigenvalue weighted by atomic mass is 10.1. The average molecular weight is 309 g/mol. The molecule has 0 saturated carbocycles. The first kappa shape index (κ1) is 15.5. The number of hydrogen-bond acceptors (Lipinski definition) is 5. The number of hydrogen-bond donors (Lipinski definition) is 1. The summed E-state index contributed by atoms with van der Waals surface area (Å²) in [4.78, 5) is 3.97. The van der Waals surface area contributed by atoms with Crippen molar-refractivity contribution in [2.75, 3.05) is 12.8 Å². The van der Waals surface area contributed by atoms with Gasteiger partial charge in [-0.2, -0.15) is 9.40 Å². The van der Waals surface area contributed by atoms with E-state index in [-0.39, 0.29) is 16.8 Å². The maximum Gasteiger partial charge on any atom is 0.248 e. The zero-order valence-electron chi connectivity index (χ0n) is 12.3. The number of rotatable bonds is 5. The molecule has 0 aliphatic carbocycles. The lowest BCUT2D eigenvalue weighted by Gasteiger charge is -2.24. The van der Waals surface area contributed by atoms with Crippen molar-refractivity contribution in [2.24, 2.45) is 0 Å². The summed E-state index contributed by atoms with van der Waals surface area (Å²) in [5, 5.41) is 3.99. The summed E-state index contributed by atoms with van der Waals surface area (Å²) < 4.78 is 28.1. The molecular weight excluding hydrogens is 290 g/mol. The molecule has 2 heterocycles. The highest BCUT2D eigenvalue weighted by Crippen LogP contribution is 2.27. The van der Waals surface area contributed by atoms with Crippen LogP contribution in [0.2, 0.25) is 0 Å². The highest BCUT2D eigenvalue weighted by atomic mass is 32.2. The maximum absolute atomic E-state index is 12.7. The molecule has 0 radical (unpaired) electrons. The first-order chi connectivity index (χ1) is 9.87. The Hall–Kier alpha value is -1.93. The Morgan fingerprint density at radius 3 is 2.52 bits per heavy atom. The molecule has 114 valence electrons. The number of nitrogens with two attached hydrogens (primary N) is 1. The number of aromatic nitrogens is 3. The van der Waals surface area contributed by atoms with Gasteiger partial charge in [0.1, 0.15) is 4.90 Å². The van der Waals surface area contributed by atoms with Gasteiger partial charge in [0.25, 0.3) is 0 Å². The second-order valence-corrected chi connectivity index (χ2v) is 6.68. The van der Waals surface area contributed by atoms with Crippen molar-refractivity contribution in [3.63, 3.8) is 0 Å². The third-order valence-electron chi connectivity index (χ3n) is 3.47. The second kappa shape index (κ2) is 5.82. The molecule has 0 saturated heterocycles. The SMILES string of the molecule is CCn1cc(S(=O)(=O)N(C)C(C)c2ccncc2)c(N)n1. The summed E-state index contributed by atoms with van der Waals surface area (Å²) >= 11 is 0. The van der Waals surface area contributed by atoms with Gasteiger partial charge in [-0.3, -0.25) is 9.67 Å². The summed E-state index contributed by atoms with van der Waals surface area (Å²) in [7, 11) is -2.17. The zero-order chi connectivity index (χ0) is 15.6. The molecule has 0 aliphatic heterocycles. The molecule has 0 aliphatic rings. The van der Waals surface area contributed by atoms with Crippen molar-refractivity contribution in [1.82, 2.24) is 19.1 Å².